The third-order valence-electron chi connectivity index (χ3n) is 6.56. The molecular formula is C22H25N3O3S. The highest BCUT2D eigenvalue weighted by molar-refractivity contribution is 7.94. The molecule has 7 heteroatoms. The SMILES string of the molecule is Cc1ccc(C(=O)N2CCC3(CC2)c2ccccc2N(CC2CC2)S3(=O)=O)nc1. The Labute approximate surface area is 171 Å². The molecule has 29 heavy (non-hydrogen) atoms. The van der Waals surface area contributed by atoms with Crippen molar-refractivity contribution < 1.29 is 13.2 Å². The van der Waals surface area contributed by atoms with E-state index in [-0.39, 0.29) is 5.91 Å². The number of aryl methyl sites for hydroxylation is 1. The van der Waals surface area contributed by atoms with Crippen LogP contribution in [0.25, 0.3) is 0 Å². The van der Waals surface area contributed by atoms with E-state index < -0.39 is 14.8 Å². The molecule has 3 aliphatic rings. The number of carbonyl (C=O) groups excluding carboxylic acids is 1. The van der Waals surface area contributed by atoms with Gasteiger partial charge in [-0.05, 0) is 61.8 Å². The topological polar surface area (TPSA) is 70.6 Å². The average Bonchev–Trinajstić information content (AvgIpc) is 3.54. The first-order chi connectivity index (χ1) is 13.9. The van der Waals surface area contributed by atoms with Gasteiger partial charge in [0.1, 0.15) is 10.4 Å². The lowest BCUT2D eigenvalue weighted by Crippen LogP contribution is -2.50. The number of carbonyl (C=O) groups is 1. The summed E-state index contributed by atoms with van der Waals surface area (Å²) in [7, 11) is -3.50. The number of fused-ring (bicyclic) bond motifs is 2. The molecule has 6 nitrogen and oxygen atoms in total. The van der Waals surface area contributed by atoms with Crippen LogP contribution in [-0.2, 0) is 14.8 Å². The van der Waals surface area contributed by atoms with Gasteiger partial charge in [-0.15, -0.1) is 0 Å². The fraction of sp³-hybridized carbons (Fsp3) is 0.455. The van der Waals surface area contributed by atoms with Crippen molar-refractivity contribution in [2.45, 2.75) is 37.4 Å². The molecule has 2 aliphatic heterocycles. The number of pyridine rings is 1. The molecule has 2 aromatic rings. The van der Waals surface area contributed by atoms with Crippen LogP contribution in [0.4, 0.5) is 5.69 Å². The molecule has 0 bridgehead atoms. The van der Waals surface area contributed by atoms with Crippen LogP contribution in [0.1, 0.15) is 47.3 Å². The molecule has 1 aliphatic carbocycles. The number of hydrogen-bond donors (Lipinski definition) is 0. The number of nitrogens with zero attached hydrogens (tertiary/aromatic N) is 3. The maximum absolute atomic E-state index is 13.7. The Morgan fingerprint density at radius 1 is 1.14 bits per heavy atom. The normalized spacial score (nSPS) is 22.0. The number of anilines is 1. The minimum atomic E-state index is -3.50. The summed E-state index contributed by atoms with van der Waals surface area (Å²) in [4.78, 5) is 18.8. The first-order valence-corrected chi connectivity index (χ1v) is 11.7. The standard InChI is InChI=1S/C22H25N3O3S/c1-16-6-9-19(23-14-16)21(26)24-12-10-22(11-13-24)18-4-2-3-5-20(18)25(29(22,27)28)15-17-7-8-17/h2-6,9,14,17H,7-8,10-13,15H2,1H3. The molecule has 0 unspecified atom stereocenters. The van der Waals surface area contributed by atoms with Gasteiger partial charge in [-0.2, -0.15) is 0 Å². The second-order valence-electron chi connectivity index (χ2n) is 8.50. The highest BCUT2D eigenvalue weighted by atomic mass is 32.2. The third-order valence-corrected chi connectivity index (χ3v) is 9.10. The summed E-state index contributed by atoms with van der Waals surface area (Å²) < 4.78 is 28.1. The minimum Gasteiger partial charge on any atom is -0.337 e. The van der Waals surface area contributed by atoms with E-state index in [1.54, 1.807) is 21.5 Å². The molecule has 1 amide bonds. The summed E-state index contributed by atoms with van der Waals surface area (Å²) in [5.41, 5.74) is 3.15. The molecule has 2 fully saturated rings. The fourth-order valence-electron chi connectivity index (χ4n) is 4.64. The van der Waals surface area contributed by atoms with Gasteiger partial charge in [-0.25, -0.2) is 8.42 Å². The number of aromatic nitrogens is 1. The monoisotopic (exact) mass is 411 g/mol. The van der Waals surface area contributed by atoms with Gasteiger partial charge in [0.15, 0.2) is 0 Å². The number of para-hydroxylation sites is 1. The number of benzene rings is 1. The zero-order chi connectivity index (χ0) is 20.2. The van der Waals surface area contributed by atoms with Crippen molar-refractivity contribution >= 4 is 21.6 Å². The van der Waals surface area contributed by atoms with E-state index in [0.29, 0.717) is 44.1 Å². The molecule has 0 radical (unpaired) electrons. The van der Waals surface area contributed by atoms with Crippen LogP contribution in [0.15, 0.2) is 42.6 Å². The Balaban J connectivity index is 1.43. The van der Waals surface area contributed by atoms with Gasteiger partial charge in [-0.1, -0.05) is 24.3 Å². The van der Waals surface area contributed by atoms with Crippen LogP contribution in [-0.4, -0.2) is 43.8 Å². The molecule has 1 aromatic heterocycles. The second kappa shape index (κ2) is 6.55. The lowest BCUT2D eigenvalue weighted by atomic mass is 9.87. The lowest BCUT2D eigenvalue weighted by molar-refractivity contribution is 0.0695. The number of piperidine rings is 1. The molecule has 1 spiro atoms. The van der Waals surface area contributed by atoms with E-state index in [2.05, 4.69) is 4.98 Å². The van der Waals surface area contributed by atoms with Gasteiger partial charge in [0.25, 0.3) is 5.91 Å². The highest BCUT2D eigenvalue weighted by Gasteiger charge is 2.57. The van der Waals surface area contributed by atoms with E-state index in [1.165, 1.54) is 0 Å². The molecular weight excluding hydrogens is 386 g/mol. The largest absolute Gasteiger partial charge is 0.337 e. The predicted molar refractivity (Wildman–Crippen MR) is 111 cm³/mol. The molecule has 152 valence electrons. The fourth-order valence-corrected chi connectivity index (χ4v) is 7.04. The molecule has 5 rings (SSSR count). The van der Waals surface area contributed by atoms with Crippen molar-refractivity contribution in [3.63, 3.8) is 0 Å². The van der Waals surface area contributed by atoms with Gasteiger partial charge in [-0.3, -0.25) is 14.1 Å². The summed E-state index contributed by atoms with van der Waals surface area (Å²) in [6.07, 6.45) is 4.74. The van der Waals surface area contributed by atoms with Gasteiger partial charge < -0.3 is 4.90 Å². The highest BCUT2D eigenvalue weighted by Crippen LogP contribution is 2.53. The summed E-state index contributed by atoms with van der Waals surface area (Å²) in [6, 6.07) is 11.3. The summed E-state index contributed by atoms with van der Waals surface area (Å²) in [5, 5.41) is 0. The smallest absolute Gasteiger partial charge is 0.272 e. The zero-order valence-electron chi connectivity index (χ0n) is 16.5. The average molecular weight is 412 g/mol. The maximum Gasteiger partial charge on any atom is 0.272 e. The number of rotatable bonds is 3. The lowest BCUT2D eigenvalue weighted by Gasteiger charge is -2.39. The maximum atomic E-state index is 13.7. The number of amides is 1. The predicted octanol–water partition coefficient (Wildman–Crippen LogP) is 3.08. The summed E-state index contributed by atoms with van der Waals surface area (Å²) >= 11 is 0. The Kier molecular flexibility index (Phi) is 4.21. The zero-order valence-corrected chi connectivity index (χ0v) is 17.4. The molecule has 1 aromatic carbocycles. The van der Waals surface area contributed by atoms with Crippen molar-refractivity contribution in [2.24, 2.45) is 5.92 Å². The Bertz CT molecular complexity index is 1050. The van der Waals surface area contributed by atoms with Gasteiger partial charge >= 0.3 is 0 Å². The number of likely N-dealkylation sites (tertiary alicyclic amines) is 1. The van der Waals surface area contributed by atoms with Crippen LogP contribution >= 0.6 is 0 Å². The van der Waals surface area contributed by atoms with Crippen molar-refractivity contribution in [3.05, 3.63) is 59.4 Å². The van der Waals surface area contributed by atoms with Crippen LogP contribution in [0, 0.1) is 12.8 Å². The van der Waals surface area contributed by atoms with Gasteiger partial charge in [0.05, 0.1) is 5.69 Å². The van der Waals surface area contributed by atoms with Crippen molar-refractivity contribution in [2.75, 3.05) is 23.9 Å². The van der Waals surface area contributed by atoms with Gasteiger partial charge in [0, 0.05) is 25.8 Å². The van der Waals surface area contributed by atoms with Crippen LogP contribution < -0.4 is 4.31 Å². The van der Waals surface area contributed by atoms with Crippen LogP contribution in [0.2, 0.25) is 0 Å². The Hall–Kier alpha value is -2.41. The number of hydrogen-bond acceptors (Lipinski definition) is 4. The number of sulfonamides is 1. The Morgan fingerprint density at radius 3 is 2.52 bits per heavy atom. The first kappa shape index (κ1) is 18.6. The summed E-state index contributed by atoms with van der Waals surface area (Å²) in [5.74, 6) is 0.348. The van der Waals surface area contributed by atoms with Gasteiger partial charge in [0.2, 0.25) is 10.0 Å². The van der Waals surface area contributed by atoms with E-state index in [4.69, 9.17) is 0 Å². The van der Waals surface area contributed by atoms with E-state index >= 15 is 0 Å². The summed E-state index contributed by atoms with van der Waals surface area (Å²) in [6.45, 7) is 3.34. The van der Waals surface area contributed by atoms with Crippen LogP contribution in [0.3, 0.4) is 0 Å². The molecule has 1 saturated carbocycles. The minimum absolute atomic E-state index is 0.127. The van der Waals surface area contributed by atoms with E-state index in [9.17, 15) is 13.2 Å². The molecule has 1 saturated heterocycles. The van der Waals surface area contributed by atoms with E-state index in [1.807, 2.05) is 37.3 Å². The second-order valence-corrected chi connectivity index (χ2v) is 10.7. The third kappa shape index (κ3) is 2.86. The molecule has 0 atom stereocenters. The van der Waals surface area contributed by atoms with Crippen molar-refractivity contribution in [1.29, 1.82) is 0 Å². The van der Waals surface area contributed by atoms with E-state index in [0.717, 1.165) is 29.7 Å². The van der Waals surface area contributed by atoms with Crippen LogP contribution in [0.5, 0.6) is 0 Å². The van der Waals surface area contributed by atoms with Crippen molar-refractivity contribution in [3.8, 4) is 0 Å². The Morgan fingerprint density at radius 2 is 1.86 bits per heavy atom. The quantitative estimate of drug-likeness (QED) is 0.778. The first-order valence-electron chi connectivity index (χ1n) is 10.3. The molecule has 3 heterocycles. The van der Waals surface area contributed by atoms with Crippen molar-refractivity contribution in [1.82, 2.24) is 9.88 Å². The molecule has 0 N–H and O–H groups in total.